The fraction of sp³-hybridized carbons (Fsp3) is 0.0556. The average molecular weight is 276 g/mol. The second-order valence-electron chi connectivity index (χ2n) is 4.84. The highest BCUT2D eigenvalue weighted by Crippen LogP contribution is 2.22. The first-order valence-corrected chi connectivity index (χ1v) is 6.78. The minimum absolute atomic E-state index is 0.0171. The van der Waals surface area contributed by atoms with Gasteiger partial charge in [-0.2, -0.15) is 0 Å². The van der Waals surface area contributed by atoms with E-state index in [4.69, 9.17) is 15.9 Å². The highest BCUT2D eigenvalue weighted by molar-refractivity contribution is 5.97. The maximum Gasteiger partial charge on any atom is 0.130 e. The molecule has 3 nitrogen and oxygen atoms in total. The number of nitrogens with one attached hydrogen (secondary N) is 1. The molecule has 3 rings (SSSR count). The Morgan fingerprint density at radius 2 is 1.62 bits per heavy atom. The van der Waals surface area contributed by atoms with Gasteiger partial charge in [-0.15, -0.1) is 0 Å². The van der Waals surface area contributed by atoms with Crippen LogP contribution in [0.5, 0.6) is 5.75 Å². The molecule has 0 heterocycles. The van der Waals surface area contributed by atoms with Crippen molar-refractivity contribution in [3.8, 4) is 5.75 Å². The molecule has 0 fully saturated rings. The molecule has 0 unspecified atom stereocenters. The second-order valence-corrected chi connectivity index (χ2v) is 4.84. The van der Waals surface area contributed by atoms with Gasteiger partial charge in [-0.1, -0.05) is 54.6 Å². The number of hydrogen-bond donors (Lipinski definition) is 2. The molecular weight excluding hydrogens is 260 g/mol. The third-order valence-electron chi connectivity index (χ3n) is 3.44. The van der Waals surface area contributed by atoms with Gasteiger partial charge in [-0.3, -0.25) is 5.41 Å². The number of amidine groups is 1. The molecule has 0 bridgehead atoms. The van der Waals surface area contributed by atoms with E-state index in [1.54, 1.807) is 6.07 Å². The van der Waals surface area contributed by atoms with Crippen LogP contribution in [-0.2, 0) is 6.61 Å². The molecule has 3 heteroatoms. The van der Waals surface area contributed by atoms with Crippen LogP contribution in [0.1, 0.15) is 11.1 Å². The van der Waals surface area contributed by atoms with Gasteiger partial charge in [0.2, 0.25) is 0 Å². The number of ether oxygens (including phenoxy) is 1. The number of benzene rings is 3. The van der Waals surface area contributed by atoms with Crippen molar-refractivity contribution in [3.63, 3.8) is 0 Å². The molecule has 0 aliphatic rings. The van der Waals surface area contributed by atoms with Crippen LogP contribution in [-0.4, -0.2) is 5.84 Å². The fourth-order valence-corrected chi connectivity index (χ4v) is 2.39. The fourth-order valence-electron chi connectivity index (χ4n) is 2.39. The molecule has 0 saturated carbocycles. The van der Waals surface area contributed by atoms with Gasteiger partial charge in [0.1, 0.15) is 18.2 Å². The summed E-state index contributed by atoms with van der Waals surface area (Å²) in [7, 11) is 0. The Bertz CT molecular complexity index is 791. The van der Waals surface area contributed by atoms with Gasteiger partial charge >= 0.3 is 0 Å². The molecule has 0 aliphatic carbocycles. The van der Waals surface area contributed by atoms with E-state index in [-0.39, 0.29) is 5.84 Å². The van der Waals surface area contributed by atoms with Crippen molar-refractivity contribution in [1.82, 2.24) is 0 Å². The quantitative estimate of drug-likeness (QED) is 0.564. The van der Waals surface area contributed by atoms with Crippen molar-refractivity contribution in [2.75, 3.05) is 0 Å². The van der Waals surface area contributed by atoms with Gasteiger partial charge in [0.15, 0.2) is 0 Å². The number of fused-ring (bicyclic) bond motifs is 1. The third kappa shape index (κ3) is 2.72. The van der Waals surface area contributed by atoms with Crippen LogP contribution in [0.25, 0.3) is 10.8 Å². The van der Waals surface area contributed by atoms with Gasteiger partial charge in [0.25, 0.3) is 0 Å². The zero-order valence-electron chi connectivity index (χ0n) is 11.5. The Kier molecular flexibility index (Phi) is 3.56. The van der Waals surface area contributed by atoms with Gasteiger partial charge < -0.3 is 10.5 Å². The normalized spacial score (nSPS) is 10.5. The van der Waals surface area contributed by atoms with Gasteiger partial charge in [0, 0.05) is 0 Å². The second kappa shape index (κ2) is 5.67. The van der Waals surface area contributed by atoms with E-state index in [9.17, 15) is 0 Å². The van der Waals surface area contributed by atoms with E-state index in [1.807, 2.05) is 36.4 Å². The van der Waals surface area contributed by atoms with Gasteiger partial charge in [-0.25, -0.2) is 0 Å². The van der Waals surface area contributed by atoms with Crippen LogP contribution in [0.4, 0.5) is 0 Å². The first-order valence-electron chi connectivity index (χ1n) is 6.78. The molecule has 0 radical (unpaired) electrons. The smallest absolute Gasteiger partial charge is 0.130 e. The van der Waals surface area contributed by atoms with Gasteiger partial charge in [-0.05, 0) is 28.5 Å². The number of para-hydroxylation sites is 1. The lowest BCUT2D eigenvalue weighted by atomic mass is 10.1. The minimum Gasteiger partial charge on any atom is -0.488 e. The van der Waals surface area contributed by atoms with E-state index >= 15 is 0 Å². The average Bonchev–Trinajstić information content (AvgIpc) is 2.53. The van der Waals surface area contributed by atoms with Crippen LogP contribution in [0.2, 0.25) is 0 Å². The first kappa shape index (κ1) is 13.2. The molecule has 3 aromatic carbocycles. The zero-order valence-corrected chi connectivity index (χ0v) is 11.5. The lowest BCUT2D eigenvalue weighted by Crippen LogP contribution is -2.13. The van der Waals surface area contributed by atoms with Crippen LogP contribution in [0.3, 0.4) is 0 Å². The number of hydrogen-bond acceptors (Lipinski definition) is 2. The Morgan fingerprint density at radius 3 is 2.48 bits per heavy atom. The van der Waals surface area contributed by atoms with Crippen LogP contribution >= 0.6 is 0 Å². The molecule has 0 aliphatic heterocycles. The molecule has 0 atom stereocenters. The van der Waals surface area contributed by atoms with E-state index in [2.05, 4.69) is 24.3 Å². The van der Waals surface area contributed by atoms with Crippen molar-refractivity contribution < 1.29 is 4.74 Å². The topological polar surface area (TPSA) is 59.1 Å². The van der Waals surface area contributed by atoms with Crippen LogP contribution in [0, 0.1) is 5.41 Å². The van der Waals surface area contributed by atoms with Crippen molar-refractivity contribution in [1.29, 1.82) is 5.41 Å². The summed E-state index contributed by atoms with van der Waals surface area (Å²) in [6.07, 6.45) is 0. The van der Waals surface area contributed by atoms with E-state index in [1.165, 1.54) is 10.8 Å². The first-order chi connectivity index (χ1) is 10.3. The van der Waals surface area contributed by atoms with Crippen molar-refractivity contribution >= 4 is 16.6 Å². The minimum atomic E-state index is 0.0171. The lowest BCUT2D eigenvalue weighted by molar-refractivity contribution is 0.307. The SMILES string of the molecule is N=C(N)c1ccccc1OCc1cccc2ccccc12. The summed E-state index contributed by atoms with van der Waals surface area (Å²) >= 11 is 0. The maximum atomic E-state index is 7.59. The largest absolute Gasteiger partial charge is 0.488 e. The summed E-state index contributed by atoms with van der Waals surface area (Å²) in [5.41, 5.74) is 7.32. The summed E-state index contributed by atoms with van der Waals surface area (Å²) in [4.78, 5) is 0. The highest BCUT2D eigenvalue weighted by atomic mass is 16.5. The Labute approximate surface area is 123 Å². The predicted octanol–water partition coefficient (Wildman–Crippen LogP) is 3.70. The van der Waals surface area contributed by atoms with E-state index < -0.39 is 0 Å². The van der Waals surface area contributed by atoms with Crippen molar-refractivity contribution in [3.05, 3.63) is 77.9 Å². The molecule has 3 aromatic rings. The Morgan fingerprint density at radius 1 is 0.905 bits per heavy atom. The third-order valence-corrected chi connectivity index (χ3v) is 3.44. The maximum absolute atomic E-state index is 7.59. The van der Waals surface area contributed by atoms with Crippen LogP contribution < -0.4 is 10.5 Å². The van der Waals surface area contributed by atoms with Gasteiger partial charge in [0.05, 0.1) is 5.56 Å². The van der Waals surface area contributed by atoms with Crippen LogP contribution in [0.15, 0.2) is 66.7 Å². The number of rotatable bonds is 4. The van der Waals surface area contributed by atoms with E-state index in [0.29, 0.717) is 17.9 Å². The molecule has 0 spiro atoms. The molecule has 21 heavy (non-hydrogen) atoms. The lowest BCUT2D eigenvalue weighted by Gasteiger charge is -2.12. The Balaban J connectivity index is 1.89. The van der Waals surface area contributed by atoms with Crippen molar-refractivity contribution in [2.24, 2.45) is 5.73 Å². The van der Waals surface area contributed by atoms with E-state index in [0.717, 1.165) is 5.56 Å². The number of nitrogens with two attached hydrogens (primary N) is 1. The summed E-state index contributed by atoms with van der Waals surface area (Å²) < 4.78 is 5.87. The Hall–Kier alpha value is -2.81. The summed E-state index contributed by atoms with van der Waals surface area (Å²) in [5.74, 6) is 0.654. The molecule has 0 saturated heterocycles. The summed E-state index contributed by atoms with van der Waals surface area (Å²) in [6.45, 7) is 0.450. The highest BCUT2D eigenvalue weighted by Gasteiger charge is 2.07. The standard InChI is InChI=1S/C18H16N2O/c19-18(20)16-10-3-4-11-17(16)21-12-14-8-5-7-13-6-1-2-9-15(13)14/h1-11H,12H2,(H3,19,20). The summed E-state index contributed by atoms with van der Waals surface area (Å²) in [6, 6.07) is 21.7. The summed E-state index contributed by atoms with van der Waals surface area (Å²) in [5, 5.41) is 9.96. The van der Waals surface area contributed by atoms with Crippen molar-refractivity contribution in [2.45, 2.75) is 6.61 Å². The number of nitrogen functional groups attached to an aromatic ring is 1. The molecular formula is C18H16N2O. The predicted molar refractivity (Wildman–Crippen MR) is 85.7 cm³/mol. The molecule has 104 valence electrons. The monoisotopic (exact) mass is 276 g/mol. The molecule has 0 amide bonds. The molecule has 0 aromatic heterocycles. The zero-order chi connectivity index (χ0) is 14.7. The molecule has 3 N–H and O–H groups in total.